The molecule has 0 spiro atoms. The molecule has 1 aliphatic rings. The summed E-state index contributed by atoms with van der Waals surface area (Å²) in [6, 6.07) is 13.3. The lowest BCUT2D eigenvalue weighted by atomic mass is 10.0. The van der Waals surface area contributed by atoms with Gasteiger partial charge in [0.05, 0.1) is 36.9 Å². The van der Waals surface area contributed by atoms with Gasteiger partial charge in [-0.25, -0.2) is 4.68 Å². The van der Waals surface area contributed by atoms with Crippen molar-refractivity contribution in [3.05, 3.63) is 83.9 Å². The molecule has 2 amide bonds. The number of hydrogen-bond acceptors (Lipinski definition) is 7. The zero-order chi connectivity index (χ0) is 29.9. The molecular weight excluding hydrogens is 555 g/mol. The van der Waals surface area contributed by atoms with E-state index < -0.39 is 24.2 Å². The molecule has 0 saturated carbocycles. The number of nitrogens with one attached hydrogen (secondary N) is 3. The van der Waals surface area contributed by atoms with Crippen molar-refractivity contribution >= 4 is 29.0 Å². The molecule has 5 rings (SSSR count). The monoisotopic (exact) mass is 583 g/mol. The number of aromatic nitrogens is 2. The predicted octanol–water partition coefficient (Wildman–Crippen LogP) is 6.44. The molecule has 0 fully saturated rings. The SMILES string of the molecule is CCOc1cc(NC(=O)c2cc3n(n2)[C@H](C(F)(F)F)C[C@H](c2ccco2)N3)c(OCC)cc1NC(=O)c1ccccc1. The number of furan rings is 1. The van der Waals surface area contributed by atoms with Crippen molar-refractivity contribution in [1.29, 1.82) is 0 Å². The van der Waals surface area contributed by atoms with Crippen molar-refractivity contribution in [2.45, 2.75) is 38.5 Å². The first-order chi connectivity index (χ1) is 20.2. The number of hydrogen-bond donors (Lipinski definition) is 3. The van der Waals surface area contributed by atoms with E-state index in [4.69, 9.17) is 13.9 Å². The number of nitrogens with zero attached hydrogens (tertiary/aromatic N) is 2. The maximum absolute atomic E-state index is 14.0. The molecule has 0 saturated heterocycles. The zero-order valence-electron chi connectivity index (χ0n) is 22.7. The normalized spacial score (nSPS) is 16.2. The number of alkyl halides is 3. The third-order valence-electron chi connectivity index (χ3n) is 6.52. The highest BCUT2D eigenvalue weighted by molar-refractivity contribution is 6.07. The van der Waals surface area contributed by atoms with Crippen LogP contribution < -0.4 is 25.4 Å². The number of halogens is 3. The van der Waals surface area contributed by atoms with E-state index in [1.807, 2.05) is 0 Å². The molecular formula is C29H28F3N5O5. The Kier molecular flexibility index (Phi) is 8.09. The average Bonchev–Trinajstić information content (AvgIpc) is 3.65. The van der Waals surface area contributed by atoms with Crippen LogP contribution in [0.15, 0.2) is 71.3 Å². The Hall–Kier alpha value is -4.94. The summed E-state index contributed by atoms with van der Waals surface area (Å²) in [6.07, 6.45) is -3.60. The second kappa shape index (κ2) is 11.9. The number of carbonyl (C=O) groups excluding carboxylic acids is 2. The zero-order valence-corrected chi connectivity index (χ0v) is 22.7. The highest BCUT2D eigenvalue weighted by Crippen LogP contribution is 2.44. The molecule has 42 heavy (non-hydrogen) atoms. The molecule has 4 aromatic rings. The summed E-state index contributed by atoms with van der Waals surface area (Å²) in [5, 5.41) is 12.4. The second-order valence-electron chi connectivity index (χ2n) is 9.35. The standard InChI is InChI=1S/C29H28F3N5O5/c1-3-40-23-14-19(24(41-4-2)13-18(23)34-27(38)17-9-6-5-7-10-17)35-28(39)21-16-26-33-20(22-11-8-12-42-22)15-25(29(30,31)32)37(26)36-21/h5-14,16,20,25,33H,3-4,15H2,1-2H3,(H,34,38)(H,35,39)/t20-,25+/m1/s1. The van der Waals surface area contributed by atoms with E-state index in [9.17, 15) is 22.8 Å². The summed E-state index contributed by atoms with van der Waals surface area (Å²) < 4.78 is 59.5. The van der Waals surface area contributed by atoms with Gasteiger partial charge in [0.25, 0.3) is 11.8 Å². The van der Waals surface area contributed by atoms with Crippen LogP contribution in [0.25, 0.3) is 0 Å². The highest BCUT2D eigenvalue weighted by Gasteiger charge is 2.47. The van der Waals surface area contributed by atoms with Crippen LogP contribution in [-0.2, 0) is 0 Å². The van der Waals surface area contributed by atoms with Gasteiger partial charge in [-0.3, -0.25) is 9.59 Å². The first-order valence-electron chi connectivity index (χ1n) is 13.3. The van der Waals surface area contributed by atoms with Crippen LogP contribution in [0, 0.1) is 0 Å². The van der Waals surface area contributed by atoms with Crippen molar-refractivity contribution in [1.82, 2.24) is 9.78 Å². The molecule has 0 radical (unpaired) electrons. The Morgan fingerprint density at radius 3 is 2.19 bits per heavy atom. The first kappa shape index (κ1) is 28.6. The highest BCUT2D eigenvalue weighted by atomic mass is 19.4. The molecule has 10 nitrogen and oxygen atoms in total. The predicted molar refractivity (Wildman–Crippen MR) is 148 cm³/mol. The van der Waals surface area contributed by atoms with Crippen molar-refractivity contribution in [3.8, 4) is 11.5 Å². The summed E-state index contributed by atoms with van der Waals surface area (Å²) in [6.45, 7) is 3.98. The van der Waals surface area contributed by atoms with E-state index in [-0.39, 0.29) is 54.2 Å². The van der Waals surface area contributed by atoms with Gasteiger partial charge in [-0.2, -0.15) is 18.3 Å². The minimum absolute atomic E-state index is 0.0223. The Morgan fingerprint density at radius 1 is 0.976 bits per heavy atom. The van der Waals surface area contributed by atoms with Crippen LogP contribution in [0.1, 0.15) is 59.0 Å². The summed E-state index contributed by atoms with van der Waals surface area (Å²) >= 11 is 0. The smallest absolute Gasteiger partial charge is 0.410 e. The van der Waals surface area contributed by atoms with Crippen molar-refractivity contribution < 1.29 is 36.7 Å². The number of benzene rings is 2. The fraction of sp³-hybridized carbons (Fsp3) is 0.276. The van der Waals surface area contributed by atoms with Gasteiger partial charge in [0.2, 0.25) is 0 Å². The van der Waals surface area contributed by atoms with Gasteiger partial charge in [-0.15, -0.1) is 0 Å². The fourth-order valence-corrected chi connectivity index (χ4v) is 4.64. The Balaban J connectivity index is 1.43. The molecule has 2 atom stereocenters. The minimum atomic E-state index is -4.62. The third kappa shape index (κ3) is 6.04. The number of amides is 2. The van der Waals surface area contributed by atoms with Gasteiger partial charge in [-0.05, 0) is 38.1 Å². The van der Waals surface area contributed by atoms with Gasteiger partial charge < -0.3 is 29.8 Å². The summed E-state index contributed by atoms with van der Waals surface area (Å²) in [5.41, 5.74) is 0.682. The molecule has 1 aliphatic heterocycles. The van der Waals surface area contributed by atoms with E-state index >= 15 is 0 Å². The largest absolute Gasteiger partial charge is 0.492 e. The van der Waals surface area contributed by atoms with E-state index in [2.05, 4.69) is 21.0 Å². The van der Waals surface area contributed by atoms with Crippen LogP contribution in [0.2, 0.25) is 0 Å². The van der Waals surface area contributed by atoms with Crippen LogP contribution >= 0.6 is 0 Å². The van der Waals surface area contributed by atoms with E-state index in [0.717, 1.165) is 4.68 Å². The topological polar surface area (TPSA) is 120 Å². The molecule has 220 valence electrons. The molecule has 0 aliphatic carbocycles. The van der Waals surface area contributed by atoms with Gasteiger partial charge in [-0.1, -0.05) is 18.2 Å². The minimum Gasteiger partial charge on any atom is -0.492 e. The third-order valence-corrected chi connectivity index (χ3v) is 6.52. The van der Waals surface area contributed by atoms with Crippen LogP contribution in [0.5, 0.6) is 11.5 Å². The summed E-state index contributed by atoms with van der Waals surface area (Å²) in [5.74, 6) is -0.311. The van der Waals surface area contributed by atoms with Crippen LogP contribution in [0.3, 0.4) is 0 Å². The lowest BCUT2D eigenvalue weighted by Gasteiger charge is -2.32. The van der Waals surface area contributed by atoms with Crippen molar-refractivity contribution in [2.75, 3.05) is 29.2 Å². The molecule has 2 aromatic heterocycles. The molecule has 0 unspecified atom stereocenters. The van der Waals surface area contributed by atoms with Gasteiger partial charge in [0.15, 0.2) is 11.7 Å². The molecule has 13 heteroatoms. The van der Waals surface area contributed by atoms with E-state index in [0.29, 0.717) is 17.0 Å². The first-order valence-corrected chi connectivity index (χ1v) is 13.3. The lowest BCUT2D eigenvalue weighted by molar-refractivity contribution is -0.174. The number of anilines is 3. The maximum atomic E-state index is 14.0. The Labute approximate surface area is 238 Å². The second-order valence-corrected chi connectivity index (χ2v) is 9.35. The Bertz CT molecular complexity index is 1550. The average molecular weight is 584 g/mol. The van der Waals surface area contributed by atoms with E-state index in [1.165, 1.54) is 24.5 Å². The van der Waals surface area contributed by atoms with E-state index in [1.54, 1.807) is 56.3 Å². The molecule has 0 bridgehead atoms. The summed E-state index contributed by atoms with van der Waals surface area (Å²) in [4.78, 5) is 26.1. The maximum Gasteiger partial charge on any atom is 0.410 e. The van der Waals surface area contributed by atoms with Crippen molar-refractivity contribution in [2.24, 2.45) is 0 Å². The summed E-state index contributed by atoms with van der Waals surface area (Å²) in [7, 11) is 0. The quantitative estimate of drug-likeness (QED) is 0.208. The molecule has 3 N–H and O–H groups in total. The number of fused-ring (bicyclic) bond motifs is 1. The van der Waals surface area contributed by atoms with Gasteiger partial charge in [0, 0.05) is 30.2 Å². The lowest BCUT2D eigenvalue weighted by Crippen LogP contribution is -2.35. The number of rotatable bonds is 9. The Morgan fingerprint density at radius 2 is 1.62 bits per heavy atom. The number of carbonyl (C=O) groups is 2. The van der Waals surface area contributed by atoms with Gasteiger partial charge >= 0.3 is 6.18 Å². The van der Waals surface area contributed by atoms with Gasteiger partial charge in [0.1, 0.15) is 23.1 Å². The van der Waals surface area contributed by atoms with Crippen LogP contribution in [0.4, 0.5) is 30.4 Å². The van der Waals surface area contributed by atoms with Crippen LogP contribution in [-0.4, -0.2) is 41.0 Å². The van der Waals surface area contributed by atoms with Crippen molar-refractivity contribution in [3.63, 3.8) is 0 Å². The molecule has 2 aromatic carbocycles. The molecule has 3 heterocycles. The number of ether oxygens (including phenoxy) is 2. The fourth-order valence-electron chi connectivity index (χ4n) is 4.64.